The Kier molecular flexibility index (Phi) is 3.30. The zero-order valence-electron chi connectivity index (χ0n) is 12.8. The molecule has 2 saturated heterocycles. The Labute approximate surface area is 138 Å². The highest BCUT2D eigenvalue weighted by atomic mass is 32.2. The van der Waals surface area contributed by atoms with E-state index in [1.807, 2.05) is 30.3 Å². The number of benzene rings is 1. The van der Waals surface area contributed by atoms with Crippen molar-refractivity contribution in [3.8, 4) is 0 Å². The molecule has 2 aliphatic rings. The molecule has 0 aliphatic carbocycles. The van der Waals surface area contributed by atoms with Gasteiger partial charge in [0.05, 0.1) is 16.1 Å². The Morgan fingerprint density at radius 1 is 1.39 bits per heavy atom. The summed E-state index contributed by atoms with van der Waals surface area (Å²) in [6.07, 6.45) is 3.06. The molecule has 1 N–H and O–H groups in total. The summed E-state index contributed by atoms with van der Waals surface area (Å²) in [6.45, 7) is 2.05. The second kappa shape index (κ2) is 5.23. The Bertz CT molecular complexity index is 804. The van der Waals surface area contributed by atoms with Crippen LogP contribution in [0.1, 0.15) is 19.8 Å². The molecule has 0 radical (unpaired) electrons. The number of pyridine rings is 1. The standard InChI is InChI=1S/C17H17N3O2S/c1-17-8-7-14(21)20(17)13(10-23-17)16(22)19-12-6-2-4-11-5-3-9-18-15(11)12/h2-6,9,13H,7-8,10H2,1H3,(H,19,22)/t13-,17-/m0/s1. The van der Waals surface area contributed by atoms with Gasteiger partial charge in [0, 0.05) is 23.8 Å². The lowest BCUT2D eigenvalue weighted by atomic mass is 10.1. The Morgan fingerprint density at radius 3 is 3.09 bits per heavy atom. The third-order valence-electron chi connectivity index (χ3n) is 4.64. The van der Waals surface area contributed by atoms with Crippen LogP contribution < -0.4 is 5.32 Å². The smallest absolute Gasteiger partial charge is 0.248 e. The molecule has 4 rings (SSSR count). The van der Waals surface area contributed by atoms with Crippen LogP contribution in [-0.4, -0.2) is 38.4 Å². The largest absolute Gasteiger partial charge is 0.322 e. The predicted octanol–water partition coefficient (Wildman–Crippen LogP) is 2.63. The molecular formula is C17H17N3O2S. The van der Waals surface area contributed by atoms with Crippen molar-refractivity contribution in [1.29, 1.82) is 0 Å². The number of nitrogens with zero attached hydrogens (tertiary/aromatic N) is 2. The van der Waals surface area contributed by atoms with E-state index < -0.39 is 6.04 Å². The lowest BCUT2D eigenvalue weighted by Crippen LogP contribution is -2.48. The van der Waals surface area contributed by atoms with Gasteiger partial charge in [0.15, 0.2) is 0 Å². The van der Waals surface area contributed by atoms with Crippen LogP contribution in [0.5, 0.6) is 0 Å². The van der Waals surface area contributed by atoms with Crippen LogP contribution in [0.3, 0.4) is 0 Å². The van der Waals surface area contributed by atoms with E-state index in [1.54, 1.807) is 22.9 Å². The summed E-state index contributed by atoms with van der Waals surface area (Å²) in [6, 6.07) is 9.14. The Morgan fingerprint density at radius 2 is 2.22 bits per heavy atom. The van der Waals surface area contributed by atoms with Crippen molar-refractivity contribution in [3.05, 3.63) is 36.5 Å². The van der Waals surface area contributed by atoms with Crippen LogP contribution in [0, 0.1) is 0 Å². The monoisotopic (exact) mass is 327 g/mol. The van der Waals surface area contributed by atoms with Crippen molar-refractivity contribution >= 4 is 40.2 Å². The molecule has 2 amide bonds. The number of carbonyl (C=O) groups excluding carboxylic acids is 2. The predicted molar refractivity (Wildman–Crippen MR) is 91.1 cm³/mol. The highest BCUT2D eigenvalue weighted by Crippen LogP contribution is 2.47. The molecule has 118 valence electrons. The minimum absolute atomic E-state index is 0.0775. The topological polar surface area (TPSA) is 62.3 Å². The van der Waals surface area contributed by atoms with Crippen LogP contribution in [0.15, 0.2) is 36.5 Å². The van der Waals surface area contributed by atoms with E-state index in [4.69, 9.17) is 0 Å². The Hall–Kier alpha value is -2.08. The fraction of sp³-hybridized carbons (Fsp3) is 0.353. The summed E-state index contributed by atoms with van der Waals surface area (Å²) < 4.78 is 0. The molecule has 1 aromatic carbocycles. The third kappa shape index (κ3) is 2.28. The summed E-state index contributed by atoms with van der Waals surface area (Å²) in [7, 11) is 0. The maximum atomic E-state index is 12.7. The number of nitrogens with one attached hydrogen (secondary N) is 1. The Balaban J connectivity index is 1.62. The molecule has 3 heterocycles. The number of fused-ring (bicyclic) bond motifs is 2. The van der Waals surface area contributed by atoms with E-state index >= 15 is 0 Å². The van der Waals surface area contributed by atoms with Gasteiger partial charge in [-0.1, -0.05) is 18.2 Å². The van der Waals surface area contributed by atoms with E-state index in [1.165, 1.54) is 0 Å². The molecule has 0 saturated carbocycles. The minimum Gasteiger partial charge on any atom is -0.322 e. The van der Waals surface area contributed by atoms with Gasteiger partial charge in [0.25, 0.3) is 0 Å². The summed E-state index contributed by atoms with van der Waals surface area (Å²) in [5.41, 5.74) is 1.46. The molecule has 5 nitrogen and oxygen atoms in total. The summed E-state index contributed by atoms with van der Waals surface area (Å²) in [5, 5.41) is 3.95. The molecule has 23 heavy (non-hydrogen) atoms. The van der Waals surface area contributed by atoms with Gasteiger partial charge in [-0.05, 0) is 25.5 Å². The first kappa shape index (κ1) is 14.5. The minimum atomic E-state index is -0.404. The van der Waals surface area contributed by atoms with Gasteiger partial charge < -0.3 is 10.2 Å². The van der Waals surface area contributed by atoms with E-state index in [-0.39, 0.29) is 16.7 Å². The molecule has 0 unspecified atom stereocenters. The number of anilines is 1. The van der Waals surface area contributed by atoms with Crippen LogP contribution in [0.4, 0.5) is 5.69 Å². The number of carbonyl (C=O) groups is 2. The van der Waals surface area contributed by atoms with Crippen LogP contribution in [-0.2, 0) is 9.59 Å². The van der Waals surface area contributed by atoms with Crippen molar-refractivity contribution < 1.29 is 9.59 Å². The van der Waals surface area contributed by atoms with Crippen LogP contribution in [0.2, 0.25) is 0 Å². The van der Waals surface area contributed by atoms with E-state index in [0.717, 1.165) is 17.3 Å². The average molecular weight is 327 g/mol. The van der Waals surface area contributed by atoms with Gasteiger partial charge >= 0.3 is 0 Å². The second-order valence-electron chi connectivity index (χ2n) is 6.14. The zero-order valence-corrected chi connectivity index (χ0v) is 13.6. The van der Waals surface area contributed by atoms with Gasteiger partial charge in [-0.15, -0.1) is 11.8 Å². The number of amides is 2. The van der Waals surface area contributed by atoms with Gasteiger partial charge in [-0.25, -0.2) is 0 Å². The quantitative estimate of drug-likeness (QED) is 0.921. The molecule has 0 spiro atoms. The van der Waals surface area contributed by atoms with E-state index in [0.29, 0.717) is 17.9 Å². The molecule has 6 heteroatoms. The molecule has 2 aliphatic heterocycles. The lowest BCUT2D eigenvalue weighted by molar-refractivity contribution is -0.135. The van der Waals surface area contributed by atoms with Crippen LogP contribution >= 0.6 is 11.8 Å². The van der Waals surface area contributed by atoms with Crippen molar-refractivity contribution in [2.24, 2.45) is 0 Å². The molecule has 1 aromatic heterocycles. The van der Waals surface area contributed by atoms with Crippen molar-refractivity contribution in [3.63, 3.8) is 0 Å². The molecular weight excluding hydrogens is 310 g/mol. The number of para-hydroxylation sites is 1. The normalized spacial score (nSPS) is 26.6. The van der Waals surface area contributed by atoms with Crippen molar-refractivity contribution in [1.82, 2.24) is 9.88 Å². The number of aromatic nitrogens is 1. The molecule has 2 atom stereocenters. The summed E-state index contributed by atoms with van der Waals surface area (Å²) >= 11 is 1.70. The van der Waals surface area contributed by atoms with Gasteiger partial charge in [0.2, 0.25) is 11.8 Å². The average Bonchev–Trinajstić information content (AvgIpc) is 3.04. The molecule has 2 fully saturated rings. The highest BCUT2D eigenvalue weighted by molar-refractivity contribution is 8.01. The summed E-state index contributed by atoms with van der Waals surface area (Å²) in [5.74, 6) is 0.593. The van der Waals surface area contributed by atoms with Gasteiger partial charge in [-0.3, -0.25) is 14.6 Å². The number of hydrogen-bond acceptors (Lipinski definition) is 4. The van der Waals surface area contributed by atoms with Crippen molar-refractivity contribution in [2.45, 2.75) is 30.7 Å². The van der Waals surface area contributed by atoms with Crippen LogP contribution in [0.25, 0.3) is 10.9 Å². The molecule has 2 aromatic rings. The third-order valence-corrected chi connectivity index (χ3v) is 6.14. The van der Waals surface area contributed by atoms with Gasteiger partial charge in [0.1, 0.15) is 6.04 Å². The van der Waals surface area contributed by atoms with Crippen molar-refractivity contribution in [2.75, 3.05) is 11.1 Å². The fourth-order valence-corrected chi connectivity index (χ4v) is 4.87. The van der Waals surface area contributed by atoms with Gasteiger partial charge in [-0.2, -0.15) is 0 Å². The molecule has 0 bridgehead atoms. The number of thioether (sulfide) groups is 1. The number of hydrogen-bond donors (Lipinski definition) is 1. The SMILES string of the molecule is C[C@]12CCC(=O)N1[C@H](C(=O)Nc1cccc3cccnc13)CS2. The first-order valence-electron chi connectivity index (χ1n) is 7.69. The second-order valence-corrected chi connectivity index (χ2v) is 7.64. The maximum absolute atomic E-state index is 12.7. The highest BCUT2D eigenvalue weighted by Gasteiger charge is 2.52. The first-order chi connectivity index (χ1) is 11.1. The lowest BCUT2D eigenvalue weighted by Gasteiger charge is -2.29. The maximum Gasteiger partial charge on any atom is 0.248 e. The fourth-order valence-electron chi connectivity index (χ4n) is 3.44. The van der Waals surface area contributed by atoms with E-state index in [9.17, 15) is 9.59 Å². The first-order valence-corrected chi connectivity index (χ1v) is 8.68. The number of rotatable bonds is 2. The zero-order chi connectivity index (χ0) is 16.0. The summed E-state index contributed by atoms with van der Waals surface area (Å²) in [4.78, 5) is 30.8. The van der Waals surface area contributed by atoms with E-state index in [2.05, 4.69) is 17.2 Å².